The van der Waals surface area contributed by atoms with E-state index in [-0.39, 0.29) is 11.9 Å². The average molecular weight is 372 g/mol. The van der Waals surface area contributed by atoms with Crippen molar-refractivity contribution in [2.75, 3.05) is 4.90 Å². The number of carbonyl (C=O) groups is 1. The molecule has 1 aliphatic heterocycles. The highest BCUT2D eigenvalue weighted by molar-refractivity contribution is 6.19. The molecule has 1 saturated heterocycles. The Balaban J connectivity index is 1.58. The Labute approximate surface area is 164 Å². The summed E-state index contributed by atoms with van der Waals surface area (Å²) in [4.78, 5) is 27.6. The summed E-state index contributed by atoms with van der Waals surface area (Å²) < 4.78 is 0. The number of aromatic nitrogens is 2. The number of fused-ring (bicyclic) bond motifs is 1. The van der Waals surface area contributed by atoms with Gasteiger partial charge in [-0.15, -0.1) is 0 Å². The van der Waals surface area contributed by atoms with Gasteiger partial charge in [-0.25, -0.2) is 4.98 Å². The first kappa shape index (κ1) is 17.2. The van der Waals surface area contributed by atoms with E-state index in [9.17, 15) is 4.79 Å². The highest BCUT2D eigenvalue weighted by Crippen LogP contribution is 2.37. The van der Waals surface area contributed by atoms with Gasteiger partial charge < -0.3 is 4.98 Å². The van der Waals surface area contributed by atoms with Crippen LogP contribution in [0.5, 0.6) is 0 Å². The highest BCUT2D eigenvalue weighted by atomic mass is 16.2. The Morgan fingerprint density at radius 2 is 1.86 bits per heavy atom. The van der Waals surface area contributed by atoms with Gasteiger partial charge in [0.1, 0.15) is 6.04 Å². The number of anilines is 1. The Morgan fingerprint density at radius 1 is 1.04 bits per heavy atom. The predicted molar refractivity (Wildman–Crippen MR) is 112 cm³/mol. The average Bonchev–Trinajstić information content (AvgIpc) is 3.32. The van der Waals surface area contributed by atoms with E-state index in [1.165, 1.54) is 19.3 Å². The van der Waals surface area contributed by atoms with Gasteiger partial charge in [-0.05, 0) is 36.6 Å². The van der Waals surface area contributed by atoms with Crippen LogP contribution in [0.1, 0.15) is 50.1 Å². The maximum Gasteiger partial charge on any atom is 0.233 e. The number of rotatable bonds is 3. The lowest BCUT2D eigenvalue weighted by Crippen LogP contribution is -2.29. The normalized spacial score (nSPS) is 22.4. The summed E-state index contributed by atoms with van der Waals surface area (Å²) in [6, 6.07) is 16.5. The van der Waals surface area contributed by atoms with Crippen LogP contribution in [0.3, 0.4) is 0 Å². The fraction of sp³-hybridized carbons (Fsp3) is 0.348. The third kappa shape index (κ3) is 3.11. The topological polar surface area (TPSA) is 61.4 Å². The summed E-state index contributed by atoms with van der Waals surface area (Å²) >= 11 is 0. The van der Waals surface area contributed by atoms with Crippen LogP contribution in [0.2, 0.25) is 0 Å². The molecule has 1 saturated carbocycles. The van der Waals surface area contributed by atoms with Gasteiger partial charge in [0, 0.05) is 17.4 Å². The summed E-state index contributed by atoms with van der Waals surface area (Å²) in [5.41, 5.74) is 4.86. The van der Waals surface area contributed by atoms with Crippen molar-refractivity contribution in [3.63, 3.8) is 0 Å². The molecule has 2 fully saturated rings. The smallest absolute Gasteiger partial charge is 0.233 e. The molecule has 1 N–H and O–H groups in total. The summed E-state index contributed by atoms with van der Waals surface area (Å²) in [6.07, 6.45) is 8.15. The van der Waals surface area contributed by atoms with Gasteiger partial charge >= 0.3 is 0 Å². The van der Waals surface area contributed by atoms with Gasteiger partial charge in [0.2, 0.25) is 5.91 Å². The van der Waals surface area contributed by atoms with Crippen molar-refractivity contribution in [3.8, 4) is 0 Å². The van der Waals surface area contributed by atoms with Crippen LogP contribution >= 0.6 is 0 Å². The molecule has 142 valence electrons. The van der Waals surface area contributed by atoms with E-state index >= 15 is 0 Å². The summed E-state index contributed by atoms with van der Waals surface area (Å²) in [5, 5.41) is 0. The summed E-state index contributed by atoms with van der Waals surface area (Å²) in [6.45, 7) is 0. The lowest BCUT2D eigenvalue weighted by molar-refractivity contribution is -0.116. The maximum absolute atomic E-state index is 13.1. The van der Waals surface area contributed by atoms with Crippen molar-refractivity contribution in [3.05, 3.63) is 60.4 Å². The molecule has 5 nitrogen and oxygen atoms in total. The number of hydrogen-bond acceptors (Lipinski definition) is 3. The van der Waals surface area contributed by atoms with E-state index in [0.717, 1.165) is 40.8 Å². The predicted octanol–water partition coefficient (Wildman–Crippen LogP) is 4.81. The van der Waals surface area contributed by atoms with E-state index in [1.54, 1.807) is 6.33 Å². The Bertz CT molecular complexity index is 1020. The molecule has 3 aromatic rings. The standard InChI is InChI=1S/C23H24N4O/c28-22-14-21(26-17-9-5-2-6-10-17)23(16-7-3-1-4-8-16)27(22)18-11-12-19-20(13-18)25-15-24-19/h1,3-4,7-8,11-13,15,17,23H,2,5-6,9-10,14H2,(H,24,25). The SMILES string of the molecule is O=C1CC(=NC2CCCCC2)C(c2ccccc2)N1c1ccc2nc[nH]c2c1. The molecule has 1 aromatic heterocycles. The fourth-order valence-corrected chi connectivity index (χ4v) is 4.53. The zero-order valence-electron chi connectivity index (χ0n) is 15.8. The van der Waals surface area contributed by atoms with E-state index < -0.39 is 0 Å². The number of H-pyrrole nitrogens is 1. The van der Waals surface area contributed by atoms with Gasteiger partial charge in [-0.3, -0.25) is 14.7 Å². The second-order valence-corrected chi connectivity index (χ2v) is 7.77. The van der Waals surface area contributed by atoms with E-state index in [1.807, 2.05) is 41.3 Å². The Kier molecular flexibility index (Phi) is 4.43. The molecule has 1 amide bonds. The van der Waals surface area contributed by atoms with Crippen molar-refractivity contribution in [1.82, 2.24) is 9.97 Å². The van der Waals surface area contributed by atoms with Gasteiger partial charge in [0.05, 0.1) is 23.8 Å². The van der Waals surface area contributed by atoms with Crippen LogP contribution in [0.4, 0.5) is 5.69 Å². The molecular weight excluding hydrogens is 348 g/mol. The third-order valence-electron chi connectivity index (χ3n) is 5.90. The van der Waals surface area contributed by atoms with E-state index in [2.05, 4.69) is 22.1 Å². The van der Waals surface area contributed by atoms with Gasteiger partial charge in [-0.1, -0.05) is 49.6 Å². The molecular formula is C23H24N4O. The third-order valence-corrected chi connectivity index (χ3v) is 5.90. The minimum atomic E-state index is -0.129. The number of carbonyl (C=O) groups excluding carboxylic acids is 1. The number of aliphatic imine (C=N–C) groups is 1. The second-order valence-electron chi connectivity index (χ2n) is 7.77. The van der Waals surface area contributed by atoms with Crippen molar-refractivity contribution in [1.29, 1.82) is 0 Å². The largest absolute Gasteiger partial charge is 0.345 e. The number of hydrogen-bond donors (Lipinski definition) is 1. The van der Waals surface area contributed by atoms with Crippen LogP contribution in [0, 0.1) is 0 Å². The highest BCUT2D eigenvalue weighted by Gasteiger charge is 2.39. The number of nitrogens with one attached hydrogen (secondary N) is 1. The zero-order valence-corrected chi connectivity index (χ0v) is 15.8. The molecule has 0 bridgehead atoms. The van der Waals surface area contributed by atoms with Gasteiger partial charge in [-0.2, -0.15) is 0 Å². The number of nitrogens with zero attached hydrogens (tertiary/aromatic N) is 3. The van der Waals surface area contributed by atoms with Gasteiger partial charge in [0.15, 0.2) is 0 Å². The van der Waals surface area contributed by atoms with Crippen molar-refractivity contribution in [2.24, 2.45) is 4.99 Å². The second kappa shape index (κ2) is 7.23. The quantitative estimate of drug-likeness (QED) is 0.717. The molecule has 1 aliphatic carbocycles. The lowest BCUT2D eigenvalue weighted by Gasteiger charge is -2.26. The van der Waals surface area contributed by atoms with E-state index in [4.69, 9.17) is 4.99 Å². The number of benzene rings is 2. The molecule has 2 aromatic carbocycles. The molecule has 28 heavy (non-hydrogen) atoms. The van der Waals surface area contributed by atoms with Crippen molar-refractivity contribution in [2.45, 2.75) is 50.6 Å². The van der Waals surface area contributed by atoms with Crippen molar-refractivity contribution < 1.29 is 4.79 Å². The van der Waals surface area contributed by atoms with Crippen LogP contribution in [-0.4, -0.2) is 27.6 Å². The molecule has 2 aliphatic rings. The van der Waals surface area contributed by atoms with Crippen LogP contribution in [-0.2, 0) is 4.79 Å². The van der Waals surface area contributed by atoms with Crippen LogP contribution in [0.15, 0.2) is 59.9 Å². The Hall–Kier alpha value is -2.95. The minimum Gasteiger partial charge on any atom is -0.345 e. The first-order valence-electron chi connectivity index (χ1n) is 10.2. The monoisotopic (exact) mass is 372 g/mol. The number of aromatic amines is 1. The molecule has 5 heteroatoms. The van der Waals surface area contributed by atoms with Gasteiger partial charge in [0.25, 0.3) is 0 Å². The lowest BCUT2D eigenvalue weighted by atomic mass is 9.95. The molecule has 0 radical (unpaired) electrons. The Morgan fingerprint density at radius 3 is 2.68 bits per heavy atom. The number of amides is 1. The first-order chi connectivity index (χ1) is 13.8. The molecule has 0 spiro atoms. The summed E-state index contributed by atoms with van der Waals surface area (Å²) in [7, 11) is 0. The molecule has 1 unspecified atom stereocenters. The summed E-state index contributed by atoms with van der Waals surface area (Å²) in [5.74, 6) is 0.113. The van der Waals surface area contributed by atoms with Crippen LogP contribution < -0.4 is 4.90 Å². The molecule has 2 heterocycles. The fourth-order valence-electron chi connectivity index (χ4n) is 4.53. The van der Waals surface area contributed by atoms with E-state index in [0.29, 0.717) is 12.5 Å². The van der Waals surface area contributed by atoms with Crippen LogP contribution in [0.25, 0.3) is 11.0 Å². The minimum absolute atomic E-state index is 0.113. The molecule has 1 atom stereocenters. The number of imidazole rings is 1. The zero-order chi connectivity index (χ0) is 18.9. The van der Waals surface area contributed by atoms with Crippen molar-refractivity contribution >= 4 is 28.3 Å². The maximum atomic E-state index is 13.1. The first-order valence-corrected chi connectivity index (χ1v) is 10.2. The molecule has 5 rings (SSSR count).